The van der Waals surface area contributed by atoms with E-state index in [1.165, 1.54) is 17.3 Å². The summed E-state index contributed by atoms with van der Waals surface area (Å²) in [6.45, 7) is 5.65. The van der Waals surface area contributed by atoms with E-state index in [0.29, 0.717) is 33.7 Å². The molecule has 0 aliphatic heterocycles. The maximum absolute atomic E-state index is 12.3. The van der Waals surface area contributed by atoms with E-state index in [1.54, 1.807) is 18.2 Å². The molecule has 0 aliphatic rings. The maximum Gasteiger partial charge on any atom is 0.248 e. The fraction of sp³-hybridized carbons (Fsp3) is 0.286. The molecule has 9 heteroatoms. The van der Waals surface area contributed by atoms with E-state index in [9.17, 15) is 9.59 Å². The van der Waals surface area contributed by atoms with Gasteiger partial charge in [0.05, 0.1) is 10.7 Å². The van der Waals surface area contributed by atoms with Gasteiger partial charge in [-0.1, -0.05) is 37.6 Å². The number of amides is 2. The summed E-state index contributed by atoms with van der Waals surface area (Å²) in [4.78, 5) is 24.7. The number of carbonyl (C=O) groups is 2. The van der Waals surface area contributed by atoms with Crippen LogP contribution in [-0.4, -0.2) is 32.0 Å². The first-order valence-corrected chi connectivity index (χ1v) is 9.98. The number of nitrogens with one attached hydrogen (secondary N) is 2. The Labute approximate surface area is 179 Å². The van der Waals surface area contributed by atoms with Crippen molar-refractivity contribution in [2.75, 3.05) is 10.6 Å². The molecular weight excluding hydrogens is 404 g/mol. The lowest BCUT2D eigenvalue weighted by molar-refractivity contribution is -0.117. The molecule has 8 nitrogen and oxygen atoms in total. The van der Waals surface area contributed by atoms with E-state index >= 15 is 0 Å². The van der Waals surface area contributed by atoms with Crippen LogP contribution in [0, 0.1) is 0 Å². The minimum atomic E-state index is -0.255. The Hall–Kier alpha value is -3.26. The molecule has 1 unspecified atom stereocenters. The fourth-order valence-electron chi connectivity index (χ4n) is 2.83. The summed E-state index contributed by atoms with van der Waals surface area (Å²) in [7, 11) is 0. The van der Waals surface area contributed by atoms with Crippen molar-refractivity contribution in [3.63, 3.8) is 0 Å². The molecule has 3 aromatic rings. The number of hydrogen-bond donors (Lipinski definition) is 2. The first kappa shape index (κ1) is 21.4. The summed E-state index contributed by atoms with van der Waals surface area (Å²) in [6, 6.07) is 12.8. The Morgan fingerprint density at radius 3 is 2.50 bits per heavy atom. The molecule has 1 atom stereocenters. The summed E-state index contributed by atoms with van der Waals surface area (Å²) < 4.78 is 0. The molecule has 30 heavy (non-hydrogen) atoms. The van der Waals surface area contributed by atoms with Crippen molar-refractivity contribution in [1.82, 2.24) is 20.2 Å². The predicted octanol–water partition coefficient (Wildman–Crippen LogP) is 4.10. The second kappa shape index (κ2) is 9.49. The molecule has 2 aromatic carbocycles. The highest BCUT2D eigenvalue weighted by atomic mass is 35.5. The highest BCUT2D eigenvalue weighted by Gasteiger charge is 2.12. The third-order valence-electron chi connectivity index (χ3n) is 4.65. The average Bonchev–Trinajstić information content (AvgIpc) is 3.17. The number of anilines is 2. The van der Waals surface area contributed by atoms with E-state index in [2.05, 4.69) is 39.9 Å². The van der Waals surface area contributed by atoms with Crippen LogP contribution < -0.4 is 10.6 Å². The standard InChI is InChI=1S/C21H23ClN6O2/c1-4-13(2)15-5-8-17(9-6-15)24-20(30)12-28-26-21(25-27-28)16-7-10-19(18(22)11-16)23-14(3)29/h5-11,13H,4,12H2,1-3H3,(H,23,29)(H,24,30). The van der Waals surface area contributed by atoms with Crippen molar-refractivity contribution in [2.24, 2.45) is 0 Å². The summed E-state index contributed by atoms with van der Waals surface area (Å²) in [5.41, 5.74) is 3.08. The molecule has 0 aliphatic carbocycles. The van der Waals surface area contributed by atoms with Gasteiger partial charge in [0.15, 0.2) is 0 Å². The highest BCUT2D eigenvalue weighted by molar-refractivity contribution is 6.34. The number of benzene rings is 2. The molecule has 156 valence electrons. The van der Waals surface area contributed by atoms with Gasteiger partial charge in [0.2, 0.25) is 17.6 Å². The Morgan fingerprint density at radius 1 is 1.13 bits per heavy atom. The van der Waals surface area contributed by atoms with Crippen molar-refractivity contribution < 1.29 is 9.59 Å². The van der Waals surface area contributed by atoms with Gasteiger partial charge in [-0.3, -0.25) is 9.59 Å². The normalized spacial score (nSPS) is 11.7. The summed E-state index contributed by atoms with van der Waals surface area (Å²) in [5.74, 6) is 0.342. The van der Waals surface area contributed by atoms with Gasteiger partial charge in [-0.25, -0.2) is 0 Å². The number of carbonyl (C=O) groups excluding carboxylic acids is 2. The van der Waals surface area contributed by atoms with E-state index in [1.807, 2.05) is 24.3 Å². The van der Waals surface area contributed by atoms with E-state index in [4.69, 9.17) is 11.6 Å². The van der Waals surface area contributed by atoms with Gasteiger partial charge >= 0.3 is 0 Å². The molecule has 3 rings (SSSR count). The van der Waals surface area contributed by atoms with Crippen LogP contribution in [0.5, 0.6) is 0 Å². The molecule has 0 radical (unpaired) electrons. The number of halogens is 1. The minimum absolute atomic E-state index is 0.0716. The number of hydrogen-bond acceptors (Lipinski definition) is 5. The zero-order chi connectivity index (χ0) is 21.7. The molecule has 0 saturated heterocycles. The smallest absolute Gasteiger partial charge is 0.248 e. The number of rotatable bonds is 7. The number of nitrogens with zero attached hydrogens (tertiary/aromatic N) is 4. The maximum atomic E-state index is 12.3. The monoisotopic (exact) mass is 426 g/mol. The van der Waals surface area contributed by atoms with Crippen molar-refractivity contribution in [1.29, 1.82) is 0 Å². The Balaban J connectivity index is 1.63. The first-order valence-electron chi connectivity index (χ1n) is 9.61. The number of tetrazole rings is 1. The molecule has 0 fully saturated rings. The van der Waals surface area contributed by atoms with Crippen molar-refractivity contribution in [2.45, 2.75) is 39.7 Å². The summed E-state index contributed by atoms with van der Waals surface area (Å²) in [6.07, 6.45) is 1.06. The third kappa shape index (κ3) is 5.42. The van der Waals surface area contributed by atoms with Crippen LogP contribution in [0.2, 0.25) is 5.02 Å². The Kier molecular flexibility index (Phi) is 6.79. The van der Waals surface area contributed by atoms with Crippen LogP contribution >= 0.6 is 11.6 Å². The van der Waals surface area contributed by atoms with E-state index in [0.717, 1.165) is 6.42 Å². The lowest BCUT2D eigenvalue weighted by Gasteiger charge is -2.10. The molecular formula is C21H23ClN6O2. The van der Waals surface area contributed by atoms with Crippen LogP contribution in [0.25, 0.3) is 11.4 Å². The zero-order valence-electron chi connectivity index (χ0n) is 17.0. The molecule has 0 spiro atoms. The third-order valence-corrected chi connectivity index (χ3v) is 4.96. The predicted molar refractivity (Wildman–Crippen MR) is 116 cm³/mol. The van der Waals surface area contributed by atoms with Crippen LogP contribution in [-0.2, 0) is 16.1 Å². The second-order valence-corrected chi connectivity index (χ2v) is 7.41. The van der Waals surface area contributed by atoms with Gasteiger partial charge < -0.3 is 10.6 Å². The zero-order valence-corrected chi connectivity index (χ0v) is 17.8. The van der Waals surface area contributed by atoms with Crippen LogP contribution in [0.3, 0.4) is 0 Å². The van der Waals surface area contributed by atoms with Gasteiger partial charge in [0, 0.05) is 18.2 Å². The summed E-state index contributed by atoms with van der Waals surface area (Å²) >= 11 is 6.18. The SMILES string of the molecule is CCC(C)c1ccc(NC(=O)Cn2nnc(-c3ccc(NC(C)=O)c(Cl)c3)n2)cc1. The fourth-order valence-corrected chi connectivity index (χ4v) is 3.06. The first-order chi connectivity index (χ1) is 14.4. The average molecular weight is 427 g/mol. The van der Waals surface area contributed by atoms with Gasteiger partial charge in [-0.05, 0) is 53.4 Å². The Morgan fingerprint density at radius 2 is 1.87 bits per heavy atom. The Bertz CT molecular complexity index is 1050. The van der Waals surface area contributed by atoms with Crippen LogP contribution in [0.4, 0.5) is 11.4 Å². The van der Waals surface area contributed by atoms with Gasteiger partial charge in [-0.2, -0.15) is 4.80 Å². The molecule has 1 aromatic heterocycles. The molecule has 1 heterocycles. The minimum Gasteiger partial charge on any atom is -0.325 e. The number of aromatic nitrogens is 4. The quantitative estimate of drug-likeness (QED) is 0.592. The van der Waals surface area contributed by atoms with Crippen molar-refractivity contribution >= 4 is 34.8 Å². The van der Waals surface area contributed by atoms with Gasteiger partial charge in [0.25, 0.3) is 0 Å². The lowest BCUT2D eigenvalue weighted by atomic mass is 9.99. The second-order valence-electron chi connectivity index (χ2n) is 7.00. The topological polar surface area (TPSA) is 102 Å². The molecule has 2 N–H and O–H groups in total. The van der Waals surface area contributed by atoms with Gasteiger partial charge in [-0.15, -0.1) is 10.2 Å². The van der Waals surface area contributed by atoms with E-state index in [-0.39, 0.29) is 18.4 Å². The van der Waals surface area contributed by atoms with Crippen molar-refractivity contribution in [3.8, 4) is 11.4 Å². The van der Waals surface area contributed by atoms with Crippen LogP contribution in [0.1, 0.15) is 38.7 Å². The van der Waals surface area contributed by atoms with Crippen LogP contribution in [0.15, 0.2) is 42.5 Å². The lowest BCUT2D eigenvalue weighted by Crippen LogP contribution is -2.20. The highest BCUT2D eigenvalue weighted by Crippen LogP contribution is 2.27. The van der Waals surface area contributed by atoms with Crippen molar-refractivity contribution in [3.05, 3.63) is 53.1 Å². The summed E-state index contributed by atoms with van der Waals surface area (Å²) in [5, 5.41) is 18.0. The molecule has 2 amide bonds. The molecule has 0 bridgehead atoms. The molecule has 0 saturated carbocycles. The van der Waals surface area contributed by atoms with E-state index < -0.39 is 0 Å². The largest absolute Gasteiger partial charge is 0.325 e. The van der Waals surface area contributed by atoms with Gasteiger partial charge in [0.1, 0.15) is 6.54 Å².